The Morgan fingerprint density at radius 1 is 0.403 bits per heavy atom. The van der Waals surface area contributed by atoms with Crippen molar-refractivity contribution in [3.8, 4) is 0 Å². The Kier molecular flexibility index (Phi) is 55.4. The number of halogens is 20. The van der Waals surface area contributed by atoms with Crippen LogP contribution in [0.1, 0.15) is 0 Å². The van der Waals surface area contributed by atoms with Gasteiger partial charge in [0.25, 0.3) is 0 Å². The third-order valence-corrected chi connectivity index (χ3v) is 59.1. The molecule has 0 aliphatic heterocycles. The number of ether oxygens (including phenoxy) is 2. The van der Waals surface area contributed by atoms with Crippen molar-refractivity contribution < 1.29 is 39.2 Å². The molecule has 0 aromatic rings. The van der Waals surface area contributed by atoms with Crippen LogP contribution in [0, 0.1) is 0 Å². The van der Waals surface area contributed by atoms with Crippen molar-refractivity contribution in [1.82, 2.24) is 14.3 Å². The lowest BCUT2D eigenvalue weighted by molar-refractivity contribution is -0.130. The first-order valence-corrected chi connectivity index (χ1v) is 44.0. The minimum Gasteiger partial charge on any atom is -0.449 e. The molecule has 0 rings (SSSR count). The number of hydrogen-bond donors (Lipinski definition) is 3. The predicted octanol–water partition coefficient (Wildman–Crippen LogP) is 5.15. The van der Waals surface area contributed by atoms with E-state index in [1.807, 2.05) is 24.2 Å². The summed E-state index contributed by atoms with van der Waals surface area (Å²) in [7, 11) is 7.09. The largest absolute Gasteiger partial charge is 0.449 e. The summed E-state index contributed by atoms with van der Waals surface area (Å²) in [5.74, 6) is -1.04. The highest BCUT2D eigenvalue weighted by atomic mass is 127. The van der Waals surface area contributed by atoms with Gasteiger partial charge in [0.2, 0.25) is 31.0 Å². The SMILES string of the molecule is COCCN(B(B(I)B(I)B(I)B(I)[B]I)B(I)B(I)B(I)B(I)B(I)[B]N([B]B(I)B(I)B(I)B(I)B(I)B(B(I)B(I)B(I)B(I)[B]I)N(CCOC)C(=O)CO)C(=O)CO)C(=O)CO. The molecule has 0 aromatic heterocycles. The number of carbonyl (C=O) groups excluding carboxylic acids is 3. The summed E-state index contributed by atoms with van der Waals surface area (Å²) < 4.78 is 14.5. The quantitative estimate of drug-likeness (QED) is 0.0586. The molecule has 67 heavy (non-hydrogen) atoms. The maximum Gasteiger partial charge on any atom is 0.235 e. The van der Waals surface area contributed by atoms with Crippen LogP contribution in [-0.4, -0.2) is 224 Å². The first-order chi connectivity index (χ1) is 31.2. The van der Waals surface area contributed by atoms with Crippen LogP contribution in [0.4, 0.5) is 0 Å². The Morgan fingerprint density at radius 2 is 0.642 bits per heavy atom. The Morgan fingerprint density at radius 3 is 0.881 bits per heavy atom. The Bertz CT molecular complexity index is 1360. The molecular weight excluding hydrogens is 3110 g/mol. The van der Waals surface area contributed by atoms with Gasteiger partial charge in [0.15, 0.2) is 103 Å². The molecule has 0 saturated heterocycles. The van der Waals surface area contributed by atoms with Crippen LogP contribution in [0.5, 0.6) is 0 Å². The second kappa shape index (κ2) is 45.6. The summed E-state index contributed by atoms with van der Waals surface area (Å²) in [6, 6.07) is 0. The van der Waals surface area contributed by atoms with Gasteiger partial charge in [-0.25, -0.2) is 0 Å². The fourth-order valence-electron chi connectivity index (χ4n) is 5.90. The average Bonchev–Trinajstić information content (AvgIpc) is 3.33. The number of hydrogen-bond acceptors (Lipinski definition) is 8. The minimum absolute atomic E-state index is 0.00417. The molecule has 0 fully saturated rings. The molecule has 346 valence electrons. The number of methoxy groups -OCH3 is 2. The number of carbonyl (C=O) groups is 3. The van der Waals surface area contributed by atoms with Gasteiger partial charge in [-0.2, -0.15) is 447 Å². The fourth-order valence-corrected chi connectivity index (χ4v) is 33.4. The van der Waals surface area contributed by atoms with Crippen LogP contribution in [0.2, 0.25) is 0 Å². The number of nitrogens with zero attached hydrogens (tertiary/aromatic N) is 3. The topological polar surface area (TPSA) is 140 Å². The Hall–Kier alpha value is 14.4. The van der Waals surface area contributed by atoms with E-state index in [1.54, 1.807) is 18.9 Å². The third kappa shape index (κ3) is 28.2. The van der Waals surface area contributed by atoms with Crippen LogP contribution >= 0.6 is 447 Å². The van der Waals surface area contributed by atoms with Crippen molar-refractivity contribution in [3.63, 3.8) is 0 Å². The molecule has 0 spiro atoms. The standard InChI is InChI=1S/C12H23B24I20N3O8/c1-66-5-3-57(10(63)7-60)35(31(53)27(49)21(43)17(39)13-37)33(55)29(51)25(47)23(45)19(41)15-59(12(65)9-62)16-20(42)24(46)26(48)30(52)34(56)36(58(4-6-67-2)11(64)8-61)32(54)28(50)22(44)18(40)14-38/h60-62H,3-9H2,1-2H3. The van der Waals surface area contributed by atoms with Crippen molar-refractivity contribution in [2.45, 2.75) is 0 Å². The molecule has 11 nitrogen and oxygen atoms in total. The molecule has 0 saturated carbocycles. The second-order valence-electron chi connectivity index (χ2n) is 14.0. The van der Waals surface area contributed by atoms with Gasteiger partial charge in [0, 0.05) is 27.3 Å². The molecule has 3 N–H and O–H groups in total. The second-order valence-corrected chi connectivity index (χ2v) is 41.3. The van der Waals surface area contributed by atoms with Crippen LogP contribution in [0.25, 0.3) is 0 Å². The van der Waals surface area contributed by atoms with Crippen molar-refractivity contribution in [2.24, 2.45) is 0 Å². The molecule has 0 atom stereocenters. The smallest absolute Gasteiger partial charge is 0.235 e. The molecule has 55 heteroatoms. The molecule has 0 unspecified atom stereocenters. The van der Waals surface area contributed by atoms with E-state index in [0.717, 1.165) is 0 Å². The van der Waals surface area contributed by atoms with E-state index >= 15 is 0 Å². The van der Waals surface area contributed by atoms with Gasteiger partial charge in [-0.3, -0.25) is 14.4 Å². The summed E-state index contributed by atoms with van der Waals surface area (Å²) in [6.45, 7) is -0.737. The molecule has 4 radical (unpaired) electrons. The first kappa shape index (κ1) is 81.4. The van der Waals surface area contributed by atoms with E-state index in [0.29, 0.717) is 43.7 Å². The maximum absolute atomic E-state index is 13.5. The lowest BCUT2D eigenvalue weighted by Crippen LogP contribution is -2.71. The van der Waals surface area contributed by atoms with E-state index in [2.05, 4.69) is 458 Å². The zero-order valence-corrected chi connectivity index (χ0v) is 77.7. The van der Waals surface area contributed by atoms with E-state index in [-0.39, 0.29) is 86.0 Å². The molecule has 0 aromatic carbocycles. The fraction of sp³-hybridized carbons (Fsp3) is 0.750. The number of aliphatic hydroxyl groups is 3. The molecule has 0 aliphatic carbocycles. The van der Waals surface area contributed by atoms with Gasteiger partial charge >= 0.3 is 0 Å². The van der Waals surface area contributed by atoms with Crippen LogP contribution in [0.15, 0.2) is 0 Å². The summed E-state index contributed by atoms with van der Waals surface area (Å²) in [5.41, 5.74) is 0. The van der Waals surface area contributed by atoms with Crippen molar-refractivity contribution in [2.75, 3.05) is 60.3 Å². The number of rotatable bonds is 35. The molecular formula is C12H23B24I20N3O8. The van der Waals surface area contributed by atoms with Gasteiger partial charge in [-0.05, 0) is 0 Å². The third-order valence-electron chi connectivity index (χ3n) is 9.54. The Balaban J connectivity index is 6.65. The maximum atomic E-state index is 13.5. The molecule has 0 aliphatic rings. The highest BCUT2D eigenvalue weighted by molar-refractivity contribution is 14.2. The summed E-state index contributed by atoms with van der Waals surface area (Å²) >= 11 is 49.7. The van der Waals surface area contributed by atoms with Crippen molar-refractivity contribution in [1.29, 1.82) is 0 Å². The number of amides is 3. The molecule has 3 amide bonds. The van der Waals surface area contributed by atoms with E-state index < -0.39 is 25.7 Å². The zero-order valence-electron chi connectivity index (χ0n) is 34.6. The lowest BCUT2D eigenvalue weighted by atomic mass is 8.82. The first-order valence-electron chi connectivity index (χ1n) is 19.0. The predicted molar refractivity (Wildman–Crippen MR) is 494 cm³/mol. The van der Waals surface area contributed by atoms with Gasteiger partial charge in [-0.1, -0.05) is 0 Å². The van der Waals surface area contributed by atoms with E-state index in [1.165, 1.54) is 0 Å². The highest BCUT2D eigenvalue weighted by Crippen LogP contribution is 2.32. The molecule has 0 heterocycles. The average molecular weight is 3130 g/mol. The number of aliphatic hydroxyl groups excluding tert-OH is 3. The zero-order chi connectivity index (χ0) is 52.2. The summed E-state index contributed by atoms with van der Waals surface area (Å²) in [5, 5.41) is 34.9. The van der Waals surface area contributed by atoms with Crippen molar-refractivity contribution >= 4 is 581 Å². The highest BCUT2D eigenvalue weighted by Gasteiger charge is 2.57. The van der Waals surface area contributed by atoms with Gasteiger partial charge in [-0.15, -0.1) is 0 Å². The summed E-state index contributed by atoms with van der Waals surface area (Å²) in [4.78, 5) is 44.1. The monoisotopic (exact) mass is 3140 g/mol. The van der Waals surface area contributed by atoms with E-state index in [4.69, 9.17) is 9.47 Å². The van der Waals surface area contributed by atoms with Crippen LogP contribution in [0.3, 0.4) is 0 Å². The summed E-state index contributed by atoms with van der Waals surface area (Å²) in [6.07, 6.45) is 0. The van der Waals surface area contributed by atoms with Gasteiger partial charge in [0.1, 0.15) is 19.8 Å². The molecule has 0 bridgehead atoms. The van der Waals surface area contributed by atoms with Crippen molar-refractivity contribution in [3.05, 3.63) is 0 Å². The lowest BCUT2D eigenvalue weighted by Gasteiger charge is -2.37. The normalized spacial score (nSPS) is 10.3. The Labute approximate surface area is 677 Å². The van der Waals surface area contributed by atoms with Crippen LogP contribution < -0.4 is 0 Å². The van der Waals surface area contributed by atoms with Crippen LogP contribution in [-0.2, 0) is 23.9 Å². The van der Waals surface area contributed by atoms with E-state index in [9.17, 15) is 29.7 Å². The van der Waals surface area contributed by atoms with Gasteiger partial charge < -0.3 is 39.1 Å². The van der Waals surface area contributed by atoms with Gasteiger partial charge in [0.05, 0.1) is 13.2 Å². The minimum atomic E-state index is -0.635.